The van der Waals surface area contributed by atoms with Crippen molar-refractivity contribution in [1.82, 2.24) is 0 Å². The Balaban J connectivity index is 0.000000443. The highest BCUT2D eigenvalue weighted by Gasteiger charge is 2.34. The fraction of sp³-hybridized carbons (Fsp3) is 0.308. The maximum Gasteiger partial charge on any atom is 0.416 e. The van der Waals surface area contributed by atoms with Crippen LogP contribution in [0.25, 0.3) is 0 Å². The molecule has 0 spiro atoms. The molecule has 0 aliphatic heterocycles. The van der Waals surface area contributed by atoms with Crippen LogP contribution in [0.3, 0.4) is 0 Å². The highest BCUT2D eigenvalue weighted by molar-refractivity contribution is 7.53. The molecule has 0 fully saturated rings. The van der Waals surface area contributed by atoms with Gasteiger partial charge in [0.2, 0.25) is 0 Å². The first-order chi connectivity index (χ1) is 26.8. The van der Waals surface area contributed by atoms with E-state index in [-0.39, 0.29) is 30.5 Å². The number of nitrogens with zero attached hydrogens (tertiary/aromatic N) is 5. The van der Waals surface area contributed by atoms with E-state index in [1.165, 1.54) is 6.07 Å². The SMILES string of the molecule is CC(Nc1ccc(C(F)(F)F)cc1[N+](=O)[O-])P(=O)(O)O.CC(Nc1ccc([N+](=O)[O-])cc1[N+](=O)[O-])P(=O)(O)O.O=[N+]([O-])c1ccc(NCCCP(=O)(O)O)c([N+](=O)[O-])c1. The molecule has 0 aliphatic rings. The maximum absolute atomic E-state index is 12.4. The van der Waals surface area contributed by atoms with Crippen molar-refractivity contribution < 1.29 is 80.8 Å². The van der Waals surface area contributed by atoms with Gasteiger partial charge in [-0.15, -0.1) is 0 Å². The Bertz CT molecular complexity index is 2200. The average Bonchev–Trinajstić information content (AvgIpc) is 3.08. The van der Waals surface area contributed by atoms with Gasteiger partial charge in [0.05, 0.1) is 48.5 Å². The summed E-state index contributed by atoms with van der Waals surface area (Å²) in [5.74, 6) is -2.83. The lowest BCUT2D eigenvalue weighted by Crippen LogP contribution is -2.16. The van der Waals surface area contributed by atoms with E-state index in [1.807, 2.05) is 0 Å². The normalized spacial score (nSPS) is 12.6. The van der Waals surface area contributed by atoms with E-state index < -0.39 is 105 Å². The van der Waals surface area contributed by atoms with Crippen molar-refractivity contribution in [3.63, 3.8) is 0 Å². The number of halogens is 3. The average molecular weight is 910 g/mol. The molecule has 3 aromatic rings. The summed E-state index contributed by atoms with van der Waals surface area (Å²) in [5, 5.41) is 60.4. The molecule has 0 aliphatic carbocycles. The van der Waals surface area contributed by atoms with Crippen molar-refractivity contribution in [2.24, 2.45) is 0 Å². The lowest BCUT2D eigenvalue weighted by atomic mass is 10.1. The minimum Gasteiger partial charge on any atom is -0.379 e. The van der Waals surface area contributed by atoms with Crippen molar-refractivity contribution in [2.45, 2.75) is 38.0 Å². The van der Waals surface area contributed by atoms with E-state index >= 15 is 0 Å². The molecule has 2 atom stereocenters. The quantitative estimate of drug-likeness (QED) is 0.0372. The van der Waals surface area contributed by atoms with Gasteiger partial charge in [-0.3, -0.25) is 64.3 Å². The highest BCUT2D eigenvalue weighted by Crippen LogP contribution is 2.44. The van der Waals surface area contributed by atoms with Gasteiger partial charge < -0.3 is 45.3 Å². The first-order valence-corrected chi connectivity index (χ1v) is 20.6. The number of benzene rings is 3. The molecule has 27 nitrogen and oxygen atoms in total. The number of anilines is 3. The third-order valence-electron chi connectivity index (χ3n) is 6.98. The molecule has 33 heteroatoms. The standard InChI is InChI=1S/C9H10F3N2O5P.C9H12N3O7P.C8H10N3O7P/c1-5(20(17,18)19)13-7-3-2-6(9(10,11)12)4-8(7)14(15)16;13-11(14)7-2-3-8(9(6-7)12(15)16)10-4-1-5-20(17,18)19;1-5(19(16,17)18)9-7-3-2-6(10(12)13)4-8(7)11(14)15/h2-5,13H,1H3,(H2,17,18,19);2-3,6,10H,1,4-5H2,(H2,17,18,19);2-5,9H,1H3,(H2,16,17,18). The number of hydrogen-bond donors (Lipinski definition) is 9. The smallest absolute Gasteiger partial charge is 0.379 e. The number of nitro groups is 5. The van der Waals surface area contributed by atoms with Gasteiger partial charge in [-0.1, -0.05) is 0 Å². The molecule has 0 saturated heterocycles. The van der Waals surface area contributed by atoms with Gasteiger partial charge >= 0.3 is 29.0 Å². The molecule has 9 N–H and O–H groups in total. The number of alkyl halides is 3. The third-order valence-corrected chi connectivity index (χ3v) is 10.2. The summed E-state index contributed by atoms with van der Waals surface area (Å²) < 4.78 is 69.8. The number of nitrogens with one attached hydrogen (secondary N) is 3. The Labute approximate surface area is 326 Å². The Morgan fingerprint density at radius 1 is 0.593 bits per heavy atom. The molecular weight excluding hydrogens is 878 g/mol. The fourth-order valence-corrected chi connectivity index (χ4v) is 5.13. The Morgan fingerprint density at radius 2 is 0.949 bits per heavy atom. The van der Waals surface area contributed by atoms with Crippen LogP contribution in [-0.2, 0) is 19.9 Å². The molecule has 0 aromatic heterocycles. The summed E-state index contributed by atoms with van der Waals surface area (Å²) in [4.78, 5) is 102. The van der Waals surface area contributed by atoms with Crippen LogP contribution in [0.5, 0.6) is 0 Å². The molecule has 326 valence electrons. The molecule has 0 radical (unpaired) electrons. The minimum absolute atomic E-state index is 0.0614. The van der Waals surface area contributed by atoms with E-state index in [4.69, 9.17) is 29.4 Å². The van der Waals surface area contributed by atoms with E-state index in [0.717, 1.165) is 44.2 Å². The zero-order valence-electron chi connectivity index (χ0n) is 29.7. The van der Waals surface area contributed by atoms with E-state index in [9.17, 15) is 77.4 Å². The second kappa shape index (κ2) is 20.8. The monoisotopic (exact) mass is 910 g/mol. The summed E-state index contributed by atoms with van der Waals surface area (Å²) in [5.41, 5.74) is -4.67. The number of nitro benzene ring substituents is 5. The number of non-ortho nitro benzene ring substituents is 2. The van der Waals surface area contributed by atoms with Crippen LogP contribution in [0, 0.1) is 50.6 Å². The van der Waals surface area contributed by atoms with Crippen LogP contribution in [0.15, 0.2) is 54.6 Å². The van der Waals surface area contributed by atoms with Crippen LogP contribution < -0.4 is 16.0 Å². The van der Waals surface area contributed by atoms with Gasteiger partial charge in [0.25, 0.3) is 28.4 Å². The van der Waals surface area contributed by atoms with Gasteiger partial charge in [0.1, 0.15) is 28.6 Å². The summed E-state index contributed by atoms with van der Waals surface area (Å²) in [6, 6.07) is 7.51. The highest BCUT2D eigenvalue weighted by atomic mass is 31.2. The molecule has 0 bridgehead atoms. The molecule has 0 heterocycles. The van der Waals surface area contributed by atoms with Crippen molar-refractivity contribution >= 4 is 68.3 Å². The molecular formula is C26H32F3N8O19P3. The first-order valence-electron chi connectivity index (χ1n) is 15.4. The van der Waals surface area contributed by atoms with Crippen molar-refractivity contribution in [2.75, 3.05) is 28.7 Å². The molecule has 0 amide bonds. The zero-order valence-corrected chi connectivity index (χ0v) is 32.4. The van der Waals surface area contributed by atoms with Crippen molar-refractivity contribution in [3.05, 3.63) is 111 Å². The molecule has 2 unspecified atom stereocenters. The largest absolute Gasteiger partial charge is 0.416 e. The van der Waals surface area contributed by atoms with Crippen LogP contribution >= 0.6 is 22.8 Å². The topological polar surface area (TPSA) is 424 Å². The van der Waals surface area contributed by atoms with Gasteiger partial charge in [0, 0.05) is 24.7 Å². The molecule has 0 saturated carbocycles. The van der Waals surface area contributed by atoms with Crippen LogP contribution in [0.2, 0.25) is 0 Å². The van der Waals surface area contributed by atoms with Gasteiger partial charge in [-0.25, -0.2) is 0 Å². The Kier molecular flexibility index (Phi) is 18.1. The maximum atomic E-state index is 12.4. The van der Waals surface area contributed by atoms with E-state index in [0.29, 0.717) is 18.2 Å². The predicted molar refractivity (Wildman–Crippen MR) is 198 cm³/mol. The minimum atomic E-state index is -4.75. The van der Waals surface area contributed by atoms with Gasteiger partial charge in [-0.2, -0.15) is 13.2 Å². The summed E-state index contributed by atoms with van der Waals surface area (Å²) >= 11 is 0. The van der Waals surface area contributed by atoms with Gasteiger partial charge in [-0.05, 0) is 44.5 Å². The molecule has 3 rings (SSSR count). The van der Waals surface area contributed by atoms with Crippen LogP contribution in [-0.4, -0.2) is 78.2 Å². The van der Waals surface area contributed by atoms with E-state index in [1.54, 1.807) is 0 Å². The number of rotatable bonds is 16. The second-order valence-electron chi connectivity index (χ2n) is 11.4. The van der Waals surface area contributed by atoms with Crippen LogP contribution in [0.1, 0.15) is 25.8 Å². The number of hydrogen-bond acceptors (Lipinski definition) is 16. The second-order valence-corrected chi connectivity index (χ2v) is 17.1. The predicted octanol–water partition coefficient (Wildman–Crippen LogP) is 5.47. The summed E-state index contributed by atoms with van der Waals surface area (Å²) in [7, 11) is -13.1. The lowest BCUT2D eigenvalue weighted by Gasteiger charge is -2.17. The Hall–Kier alpha value is -5.70. The van der Waals surface area contributed by atoms with Gasteiger partial charge in [0.15, 0.2) is 0 Å². The van der Waals surface area contributed by atoms with Crippen molar-refractivity contribution in [3.8, 4) is 0 Å². The first kappa shape index (κ1) is 51.3. The molecule has 59 heavy (non-hydrogen) atoms. The van der Waals surface area contributed by atoms with Crippen LogP contribution in [0.4, 0.5) is 58.7 Å². The summed E-state index contributed by atoms with van der Waals surface area (Å²) in [6.07, 6.45) is -4.99. The summed E-state index contributed by atoms with van der Waals surface area (Å²) in [6.45, 7) is 2.30. The lowest BCUT2D eigenvalue weighted by molar-refractivity contribution is -0.393. The van der Waals surface area contributed by atoms with Crippen molar-refractivity contribution in [1.29, 1.82) is 0 Å². The molecule has 3 aromatic carbocycles. The Morgan fingerprint density at radius 3 is 1.29 bits per heavy atom. The zero-order chi connectivity index (χ0) is 45.8. The third kappa shape index (κ3) is 17.4. The van der Waals surface area contributed by atoms with E-state index in [2.05, 4.69) is 16.0 Å². The fourth-order valence-electron chi connectivity index (χ4n) is 3.95.